The van der Waals surface area contributed by atoms with Gasteiger partial charge in [-0.05, 0) is 37.5 Å². The number of nitrogens with one attached hydrogen (secondary N) is 1. The average Bonchev–Trinajstić information content (AvgIpc) is 2.26. The smallest absolute Gasteiger partial charge is 0.223 e. The van der Waals surface area contributed by atoms with Gasteiger partial charge in [-0.1, -0.05) is 0 Å². The van der Waals surface area contributed by atoms with Crippen molar-refractivity contribution >= 4 is 17.5 Å². The topological polar surface area (TPSA) is 29.1 Å². The Balaban J connectivity index is 1.98. The quantitative estimate of drug-likeness (QED) is 0.589. The predicted octanol–water partition coefficient (Wildman–Crippen LogP) is 1.53. The lowest BCUT2D eigenvalue weighted by molar-refractivity contribution is -0.125. The Morgan fingerprint density at radius 1 is 1.23 bits per heavy atom. The molecule has 2 heterocycles. The number of amides is 1. The van der Waals surface area contributed by atoms with E-state index in [4.69, 9.17) is 11.6 Å². The number of hydrogen-bond donors (Lipinski definition) is 1. The largest absolute Gasteiger partial charge is 0.352 e. The summed E-state index contributed by atoms with van der Waals surface area (Å²) >= 11 is 6.33. The van der Waals surface area contributed by atoms with Crippen molar-refractivity contribution < 1.29 is 4.79 Å². The first-order chi connectivity index (χ1) is 6.24. The fourth-order valence-corrected chi connectivity index (χ4v) is 3.78. The van der Waals surface area contributed by atoms with Crippen LogP contribution in [0.1, 0.15) is 25.7 Å². The number of fused-ring (bicyclic) bond motifs is 1. The molecule has 0 aromatic heterocycles. The number of carbonyl (C=O) groups is 1. The molecule has 1 amide bonds. The summed E-state index contributed by atoms with van der Waals surface area (Å²) in [5.74, 6) is 1.91. The van der Waals surface area contributed by atoms with Crippen LogP contribution < -0.4 is 5.32 Å². The van der Waals surface area contributed by atoms with Crippen LogP contribution >= 0.6 is 11.6 Å². The van der Waals surface area contributed by atoms with Crippen molar-refractivity contribution in [3.8, 4) is 0 Å². The number of carbonyl (C=O) groups excluding carboxylic acids is 1. The molecule has 0 aromatic rings. The van der Waals surface area contributed by atoms with Crippen molar-refractivity contribution in [2.75, 3.05) is 0 Å². The number of halogens is 1. The average molecular weight is 200 g/mol. The molecule has 4 rings (SSSR count). The Labute approximate surface area is 83.0 Å². The van der Waals surface area contributed by atoms with Gasteiger partial charge in [0.15, 0.2) is 0 Å². The summed E-state index contributed by atoms with van der Waals surface area (Å²) in [6, 6.07) is 0.269. The SMILES string of the molecule is O=C1NC2CC3CC1CC(C3)[C@H]2Cl. The van der Waals surface area contributed by atoms with Crippen molar-refractivity contribution in [2.45, 2.75) is 37.1 Å². The molecule has 2 saturated heterocycles. The van der Waals surface area contributed by atoms with Crippen LogP contribution in [0.5, 0.6) is 0 Å². The minimum atomic E-state index is 0.200. The highest BCUT2D eigenvalue weighted by molar-refractivity contribution is 6.21. The second-order valence-corrected chi connectivity index (χ2v) is 5.33. The fourth-order valence-electron chi connectivity index (χ4n) is 3.41. The minimum Gasteiger partial charge on any atom is -0.352 e. The molecule has 72 valence electrons. The second-order valence-electron chi connectivity index (χ2n) is 4.83. The van der Waals surface area contributed by atoms with Crippen molar-refractivity contribution in [3.63, 3.8) is 0 Å². The highest BCUT2D eigenvalue weighted by Gasteiger charge is 2.47. The molecule has 0 aromatic carbocycles. The Kier molecular flexibility index (Phi) is 1.64. The molecule has 4 unspecified atom stereocenters. The molecular weight excluding hydrogens is 186 g/mol. The lowest BCUT2D eigenvalue weighted by atomic mass is 9.68. The van der Waals surface area contributed by atoms with Gasteiger partial charge in [0.1, 0.15) is 0 Å². The van der Waals surface area contributed by atoms with Gasteiger partial charge in [-0.25, -0.2) is 0 Å². The van der Waals surface area contributed by atoms with Crippen LogP contribution in [0, 0.1) is 17.8 Å². The summed E-state index contributed by atoms with van der Waals surface area (Å²) in [4.78, 5) is 11.6. The summed E-state index contributed by atoms with van der Waals surface area (Å²) in [5.41, 5.74) is 0. The standard InChI is InChI=1S/C10H14ClNO/c11-9-6-1-5-2-7(4-6)10(13)12-8(9)3-5/h5-9H,1-4H2,(H,12,13)/t5?,6?,7?,8?,9-/m1/s1. The molecule has 3 heteroatoms. The van der Waals surface area contributed by atoms with E-state index in [0.717, 1.165) is 25.2 Å². The summed E-state index contributed by atoms with van der Waals surface area (Å²) in [6.07, 6.45) is 4.53. The van der Waals surface area contributed by atoms with Crippen LogP contribution in [0.3, 0.4) is 0 Å². The van der Waals surface area contributed by atoms with E-state index in [1.807, 2.05) is 0 Å². The first-order valence-corrected chi connectivity index (χ1v) is 5.62. The molecule has 5 atom stereocenters. The van der Waals surface area contributed by atoms with Gasteiger partial charge in [0.05, 0.1) is 5.38 Å². The van der Waals surface area contributed by atoms with E-state index in [9.17, 15) is 4.79 Å². The van der Waals surface area contributed by atoms with Gasteiger partial charge in [-0.3, -0.25) is 4.79 Å². The lowest BCUT2D eigenvalue weighted by Crippen LogP contribution is -2.44. The minimum absolute atomic E-state index is 0.200. The van der Waals surface area contributed by atoms with Crippen LogP contribution in [0.15, 0.2) is 0 Å². The van der Waals surface area contributed by atoms with Crippen LogP contribution in [0.2, 0.25) is 0 Å². The third-order valence-electron chi connectivity index (χ3n) is 3.96. The molecular formula is C10H14ClNO. The Morgan fingerprint density at radius 3 is 2.92 bits per heavy atom. The number of hydrogen-bond acceptors (Lipinski definition) is 1. The van der Waals surface area contributed by atoms with Gasteiger partial charge in [0.2, 0.25) is 5.91 Å². The van der Waals surface area contributed by atoms with E-state index < -0.39 is 0 Å². The molecule has 4 bridgehead atoms. The first kappa shape index (κ1) is 8.10. The molecule has 2 saturated carbocycles. The second kappa shape index (κ2) is 2.63. The van der Waals surface area contributed by atoms with E-state index >= 15 is 0 Å². The molecule has 4 aliphatic rings. The van der Waals surface area contributed by atoms with Gasteiger partial charge in [-0.15, -0.1) is 11.6 Å². The van der Waals surface area contributed by atoms with Crippen LogP contribution in [-0.4, -0.2) is 17.3 Å². The van der Waals surface area contributed by atoms with E-state index in [1.165, 1.54) is 6.42 Å². The number of rotatable bonds is 0. The highest BCUT2D eigenvalue weighted by atomic mass is 35.5. The zero-order valence-electron chi connectivity index (χ0n) is 7.50. The Hall–Kier alpha value is -0.240. The van der Waals surface area contributed by atoms with E-state index in [-0.39, 0.29) is 23.2 Å². The van der Waals surface area contributed by atoms with Crippen molar-refractivity contribution in [1.82, 2.24) is 5.32 Å². The maximum Gasteiger partial charge on any atom is 0.223 e. The monoisotopic (exact) mass is 199 g/mol. The number of alkyl halides is 1. The lowest BCUT2D eigenvalue weighted by Gasteiger charge is -2.40. The summed E-state index contributed by atoms with van der Waals surface area (Å²) in [6.45, 7) is 0. The normalized spacial score (nSPS) is 53.3. The molecule has 0 spiro atoms. The zero-order valence-corrected chi connectivity index (χ0v) is 8.26. The van der Waals surface area contributed by atoms with Crippen LogP contribution in [-0.2, 0) is 4.79 Å². The van der Waals surface area contributed by atoms with Crippen LogP contribution in [0.4, 0.5) is 0 Å². The van der Waals surface area contributed by atoms with Gasteiger partial charge in [0, 0.05) is 12.0 Å². The van der Waals surface area contributed by atoms with Crippen molar-refractivity contribution in [3.05, 3.63) is 0 Å². The summed E-state index contributed by atoms with van der Waals surface area (Å²) < 4.78 is 0. The van der Waals surface area contributed by atoms with E-state index in [0.29, 0.717) is 5.92 Å². The Bertz CT molecular complexity index is 255. The van der Waals surface area contributed by atoms with Gasteiger partial charge >= 0.3 is 0 Å². The Morgan fingerprint density at radius 2 is 2.08 bits per heavy atom. The van der Waals surface area contributed by atoms with Gasteiger partial charge in [0.25, 0.3) is 0 Å². The van der Waals surface area contributed by atoms with E-state index in [2.05, 4.69) is 5.32 Å². The van der Waals surface area contributed by atoms with Gasteiger partial charge < -0.3 is 5.32 Å². The maximum absolute atomic E-state index is 11.6. The summed E-state index contributed by atoms with van der Waals surface area (Å²) in [7, 11) is 0. The molecule has 0 radical (unpaired) electrons. The third-order valence-corrected chi connectivity index (χ3v) is 4.62. The molecule has 2 aliphatic heterocycles. The molecule has 13 heavy (non-hydrogen) atoms. The first-order valence-electron chi connectivity index (χ1n) is 5.18. The third kappa shape index (κ3) is 1.11. The van der Waals surface area contributed by atoms with Gasteiger partial charge in [-0.2, -0.15) is 0 Å². The van der Waals surface area contributed by atoms with Crippen LogP contribution in [0.25, 0.3) is 0 Å². The molecule has 2 aliphatic carbocycles. The molecule has 2 nitrogen and oxygen atoms in total. The highest BCUT2D eigenvalue weighted by Crippen LogP contribution is 2.46. The zero-order chi connectivity index (χ0) is 9.00. The fraction of sp³-hybridized carbons (Fsp3) is 0.900. The van der Waals surface area contributed by atoms with Crippen molar-refractivity contribution in [2.24, 2.45) is 17.8 Å². The summed E-state index contributed by atoms with van der Waals surface area (Å²) in [5, 5.41) is 3.28. The predicted molar refractivity (Wildman–Crippen MR) is 50.5 cm³/mol. The van der Waals surface area contributed by atoms with Crippen molar-refractivity contribution in [1.29, 1.82) is 0 Å². The maximum atomic E-state index is 11.6. The molecule has 4 fully saturated rings. The molecule has 1 N–H and O–H groups in total. The van der Waals surface area contributed by atoms with E-state index in [1.54, 1.807) is 0 Å².